The van der Waals surface area contributed by atoms with Crippen LogP contribution in [0.4, 0.5) is 0 Å². The molecule has 1 aliphatic rings. The van der Waals surface area contributed by atoms with Gasteiger partial charge in [-0.15, -0.1) is 0 Å². The van der Waals surface area contributed by atoms with Crippen molar-refractivity contribution in [1.82, 2.24) is 4.90 Å². The molecule has 148 valence electrons. The lowest BCUT2D eigenvalue weighted by molar-refractivity contribution is -0.131. The first-order valence-corrected chi connectivity index (χ1v) is 9.72. The topological polar surface area (TPSA) is 66.8 Å². The van der Waals surface area contributed by atoms with Gasteiger partial charge in [0.1, 0.15) is 0 Å². The maximum atomic E-state index is 12.7. The van der Waals surface area contributed by atoms with E-state index in [1.165, 1.54) is 0 Å². The van der Waals surface area contributed by atoms with E-state index in [-0.39, 0.29) is 5.91 Å². The highest BCUT2D eigenvalue weighted by atomic mass is 16.5. The van der Waals surface area contributed by atoms with Crippen LogP contribution in [0.3, 0.4) is 0 Å². The molecular formula is C23H27NO4. The fourth-order valence-electron chi connectivity index (χ4n) is 3.89. The standard InChI is InChI=1S/C23H27NO4/c1-28-16-19-6-4-5-18(13-19)15-22(25)24-11-9-17(10-12-24)14-20-7-2-3-8-21(20)23(26)27/h2-8,13,17H,9-12,14-16H2,1H3,(H,26,27). The minimum absolute atomic E-state index is 0.152. The second-order valence-corrected chi connectivity index (χ2v) is 7.42. The molecule has 1 N–H and O–H groups in total. The van der Waals surface area contributed by atoms with Gasteiger partial charge in [0.15, 0.2) is 0 Å². The van der Waals surface area contributed by atoms with Crippen LogP contribution in [0.1, 0.15) is 39.9 Å². The largest absolute Gasteiger partial charge is 0.478 e. The normalized spacial score (nSPS) is 14.8. The predicted octanol–water partition coefficient (Wildman–Crippen LogP) is 3.56. The van der Waals surface area contributed by atoms with Crippen LogP contribution >= 0.6 is 0 Å². The third kappa shape index (κ3) is 5.20. The average molecular weight is 381 g/mol. The number of carboxylic acid groups (broad SMARTS) is 1. The third-order valence-electron chi connectivity index (χ3n) is 5.38. The highest BCUT2D eigenvalue weighted by Gasteiger charge is 2.24. The van der Waals surface area contributed by atoms with E-state index >= 15 is 0 Å². The van der Waals surface area contributed by atoms with Gasteiger partial charge in [0, 0.05) is 20.2 Å². The number of methoxy groups -OCH3 is 1. The van der Waals surface area contributed by atoms with Gasteiger partial charge in [-0.3, -0.25) is 4.79 Å². The second kappa shape index (κ2) is 9.51. The summed E-state index contributed by atoms with van der Waals surface area (Å²) in [4.78, 5) is 26.0. The van der Waals surface area contributed by atoms with E-state index in [0.29, 0.717) is 24.5 Å². The molecule has 0 radical (unpaired) electrons. The smallest absolute Gasteiger partial charge is 0.335 e. The van der Waals surface area contributed by atoms with Gasteiger partial charge in [-0.1, -0.05) is 42.5 Å². The van der Waals surface area contributed by atoms with Gasteiger partial charge in [-0.05, 0) is 47.9 Å². The molecule has 5 heteroatoms. The zero-order valence-electron chi connectivity index (χ0n) is 16.3. The first-order chi connectivity index (χ1) is 13.6. The minimum Gasteiger partial charge on any atom is -0.478 e. The van der Waals surface area contributed by atoms with Crippen LogP contribution in [-0.4, -0.2) is 42.1 Å². The summed E-state index contributed by atoms with van der Waals surface area (Å²) in [6.45, 7) is 2.01. The molecule has 1 fully saturated rings. The van der Waals surface area contributed by atoms with Crippen molar-refractivity contribution in [1.29, 1.82) is 0 Å². The average Bonchev–Trinajstić information content (AvgIpc) is 2.69. The summed E-state index contributed by atoms with van der Waals surface area (Å²) in [6, 6.07) is 15.2. The monoisotopic (exact) mass is 381 g/mol. The first-order valence-electron chi connectivity index (χ1n) is 9.72. The number of likely N-dealkylation sites (tertiary alicyclic amines) is 1. The molecule has 28 heavy (non-hydrogen) atoms. The zero-order chi connectivity index (χ0) is 19.9. The summed E-state index contributed by atoms with van der Waals surface area (Å²) in [7, 11) is 1.66. The number of amides is 1. The van der Waals surface area contributed by atoms with Crippen LogP contribution < -0.4 is 0 Å². The van der Waals surface area contributed by atoms with Crippen molar-refractivity contribution in [3.8, 4) is 0 Å². The number of carbonyl (C=O) groups excluding carboxylic acids is 1. The van der Waals surface area contributed by atoms with Crippen LogP contribution in [0.5, 0.6) is 0 Å². The molecule has 0 saturated carbocycles. The Morgan fingerprint density at radius 1 is 1.07 bits per heavy atom. The minimum atomic E-state index is -0.876. The Morgan fingerprint density at radius 3 is 2.50 bits per heavy atom. The second-order valence-electron chi connectivity index (χ2n) is 7.42. The summed E-state index contributed by atoms with van der Waals surface area (Å²) in [5, 5.41) is 9.34. The number of nitrogens with zero attached hydrogens (tertiary/aromatic N) is 1. The summed E-state index contributed by atoms with van der Waals surface area (Å²) in [6.07, 6.45) is 2.97. The molecule has 1 aliphatic heterocycles. The number of piperidine rings is 1. The lowest BCUT2D eigenvalue weighted by Crippen LogP contribution is -2.39. The lowest BCUT2D eigenvalue weighted by atomic mass is 9.88. The van der Waals surface area contributed by atoms with E-state index in [2.05, 4.69) is 0 Å². The fourth-order valence-corrected chi connectivity index (χ4v) is 3.89. The van der Waals surface area contributed by atoms with Gasteiger partial charge in [-0.25, -0.2) is 4.79 Å². The Morgan fingerprint density at radius 2 is 1.79 bits per heavy atom. The molecule has 0 bridgehead atoms. The summed E-state index contributed by atoms with van der Waals surface area (Å²) in [5.41, 5.74) is 3.35. The van der Waals surface area contributed by atoms with Crippen LogP contribution in [0.2, 0.25) is 0 Å². The van der Waals surface area contributed by atoms with Crippen molar-refractivity contribution >= 4 is 11.9 Å². The van der Waals surface area contributed by atoms with Crippen molar-refractivity contribution in [3.63, 3.8) is 0 Å². The molecule has 2 aromatic rings. The summed E-state index contributed by atoms with van der Waals surface area (Å²) in [5.74, 6) is -0.313. The molecule has 3 rings (SSSR count). The molecule has 0 spiro atoms. The number of rotatable bonds is 7. The molecular weight excluding hydrogens is 354 g/mol. The van der Waals surface area contributed by atoms with Crippen molar-refractivity contribution in [3.05, 3.63) is 70.8 Å². The third-order valence-corrected chi connectivity index (χ3v) is 5.38. The van der Waals surface area contributed by atoms with Crippen LogP contribution in [0, 0.1) is 5.92 Å². The SMILES string of the molecule is COCc1cccc(CC(=O)N2CCC(Cc3ccccc3C(=O)O)CC2)c1. The van der Waals surface area contributed by atoms with E-state index in [9.17, 15) is 14.7 Å². The maximum Gasteiger partial charge on any atom is 0.335 e. The van der Waals surface area contributed by atoms with Crippen LogP contribution in [0.15, 0.2) is 48.5 Å². The van der Waals surface area contributed by atoms with Crippen LogP contribution in [-0.2, 0) is 29.0 Å². The van der Waals surface area contributed by atoms with Gasteiger partial charge in [0.05, 0.1) is 18.6 Å². The highest BCUT2D eigenvalue weighted by Crippen LogP contribution is 2.24. The van der Waals surface area contributed by atoms with Crippen molar-refractivity contribution in [2.45, 2.75) is 32.3 Å². The summed E-state index contributed by atoms with van der Waals surface area (Å²) < 4.78 is 5.16. The Hall–Kier alpha value is -2.66. The number of ether oxygens (including phenoxy) is 1. The molecule has 0 aromatic heterocycles. The molecule has 1 saturated heterocycles. The Labute approximate surface area is 165 Å². The van der Waals surface area contributed by atoms with Crippen molar-refractivity contribution in [2.24, 2.45) is 5.92 Å². The Bertz CT molecular complexity index is 825. The summed E-state index contributed by atoms with van der Waals surface area (Å²) >= 11 is 0. The molecule has 2 aromatic carbocycles. The fraction of sp³-hybridized carbons (Fsp3) is 0.391. The number of carbonyl (C=O) groups is 2. The van der Waals surface area contributed by atoms with Gasteiger partial charge in [0.2, 0.25) is 5.91 Å². The van der Waals surface area contributed by atoms with Gasteiger partial charge < -0.3 is 14.7 Å². The molecule has 5 nitrogen and oxygen atoms in total. The number of hydrogen-bond donors (Lipinski definition) is 1. The maximum absolute atomic E-state index is 12.7. The van der Waals surface area contributed by atoms with E-state index in [1.54, 1.807) is 19.2 Å². The van der Waals surface area contributed by atoms with E-state index in [4.69, 9.17) is 4.74 Å². The molecule has 0 atom stereocenters. The first kappa shape index (κ1) is 20.1. The van der Waals surface area contributed by atoms with E-state index in [1.807, 2.05) is 41.3 Å². The van der Waals surface area contributed by atoms with Crippen LogP contribution in [0.25, 0.3) is 0 Å². The zero-order valence-corrected chi connectivity index (χ0v) is 16.3. The Balaban J connectivity index is 1.53. The van der Waals surface area contributed by atoms with Gasteiger partial charge in [0.25, 0.3) is 0 Å². The van der Waals surface area contributed by atoms with E-state index < -0.39 is 5.97 Å². The van der Waals surface area contributed by atoms with Crippen molar-refractivity contribution in [2.75, 3.05) is 20.2 Å². The molecule has 1 amide bonds. The molecule has 1 heterocycles. The number of aromatic carboxylic acids is 1. The molecule has 0 unspecified atom stereocenters. The number of benzene rings is 2. The predicted molar refractivity (Wildman–Crippen MR) is 107 cm³/mol. The highest BCUT2D eigenvalue weighted by molar-refractivity contribution is 5.89. The number of carboxylic acids is 1. The quantitative estimate of drug-likeness (QED) is 0.796. The number of hydrogen-bond acceptors (Lipinski definition) is 3. The lowest BCUT2D eigenvalue weighted by Gasteiger charge is -2.32. The van der Waals surface area contributed by atoms with Gasteiger partial charge in [-0.2, -0.15) is 0 Å². The Kier molecular flexibility index (Phi) is 6.82. The van der Waals surface area contributed by atoms with Crippen molar-refractivity contribution < 1.29 is 19.4 Å². The molecule has 0 aliphatic carbocycles. The van der Waals surface area contributed by atoms with Gasteiger partial charge >= 0.3 is 5.97 Å². The van der Waals surface area contributed by atoms with E-state index in [0.717, 1.165) is 49.0 Å².